The van der Waals surface area contributed by atoms with Gasteiger partial charge in [0, 0.05) is 6.20 Å². The maximum atomic E-state index is 8.93. The summed E-state index contributed by atoms with van der Waals surface area (Å²) in [7, 11) is 0. The van der Waals surface area contributed by atoms with Crippen LogP contribution in [0.5, 0.6) is 17.4 Å². The van der Waals surface area contributed by atoms with Crippen molar-refractivity contribution in [2.24, 2.45) is 0 Å². The molecule has 0 atom stereocenters. The number of pyridine rings is 1. The molecule has 0 aliphatic heterocycles. The first kappa shape index (κ1) is 15.4. The van der Waals surface area contributed by atoms with Gasteiger partial charge in [-0.2, -0.15) is 5.26 Å². The van der Waals surface area contributed by atoms with E-state index < -0.39 is 0 Å². The number of nitriles is 1. The van der Waals surface area contributed by atoms with E-state index in [1.54, 1.807) is 30.5 Å². The van der Waals surface area contributed by atoms with E-state index in [0.717, 1.165) is 9.99 Å². The lowest BCUT2D eigenvalue weighted by Crippen LogP contribution is -2.01. The van der Waals surface area contributed by atoms with Gasteiger partial charge >= 0.3 is 0 Å². The zero-order valence-electron chi connectivity index (χ0n) is 11.5. The van der Waals surface area contributed by atoms with Crippen molar-refractivity contribution in [3.63, 3.8) is 0 Å². The number of nitrogens with two attached hydrogens (primary N) is 1. The lowest BCUT2D eigenvalue weighted by atomic mass is 10.2. The van der Waals surface area contributed by atoms with E-state index in [1.165, 1.54) is 0 Å². The Morgan fingerprint density at radius 3 is 2.90 bits per heavy atom. The summed E-state index contributed by atoms with van der Waals surface area (Å²) in [5.41, 5.74) is 6.83. The monoisotopic (exact) mass is 395 g/mol. The van der Waals surface area contributed by atoms with Gasteiger partial charge in [0.2, 0.25) is 0 Å². The van der Waals surface area contributed by atoms with Gasteiger partial charge in [0.05, 0.1) is 27.5 Å². The van der Waals surface area contributed by atoms with Crippen LogP contribution in [0.25, 0.3) is 0 Å². The Kier molecular flexibility index (Phi) is 5.22. The Labute approximate surface area is 136 Å². The molecule has 0 aliphatic carbocycles. The highest BCUT2D eigenvalue weighted by atomic mass is 127. The minimum Gasteiger partial charge on any atom is -0.488 e. The maximum absolute atomic E-state index is 8.93. The highest BCUT2D eigenvalue weighted by molar-refractivity contribution is 14.1. The van der Waals surface area contributed by atoms with Gasteiger partial charge in [0.15, 0.2) is 11.5 Å². The van der Waals surface area contributed by atoms with Crippen molar-refractivity contribution in [1.82, 2.24) is 4.98 Å². The van der Waals surface area contributed by atoms with E-state index in [-0.39, 0.29) is 0 Å². The quantitative estimate of drug-likeness (QED) is 0.617. The predicted octanol–water partition coefficient (Wildman–Crippen LogP) is 3.72. The van der Waals surface area contributed by atoms with Crippen LogP contribution >= 0.6 is 22.6 Å². The molecule has 2 rings (SSSR count). The SMILES string of the molecule is CCCOc1cccnc1Oc1c(N)cc(C#N)cc1I. The number of nitrogens with zero attached hydrogens (tertiary/aromatic N) is 2. The van der Waals surface area contributed by atoms with Gasteiger partial charge in [0.25, 0.3) is 5.88 Å². The topological polar surface area (TPSA) is 81.2 Å². The summed E-state index contributed by atoms with van der Waals surface area (Å²) in [6.07, 6.45) is 2.52. The lowest BCUT2D eigenvalue weighted by Gasteiger charge is -2.13. The van der Waals surface area contributed by atoms with Gasteiger partial charge < -0.3 is 15.2 Å². The molecule has 0 unspecified atom stereocenters. The Morgan fingerprint density at radius 2 is 2.24 bits per heavy atom. The fourth-order valence-corrected chi connectivity index (χ4v) is 2.42. The molecule has 2 N–H and O–H groups in total. The number of hydrogen-bond donors (Lipinski definition) is 1. The number of aromatic nitrogens is 1. The maximum Gasteiger partial charge on any atom is 0.262 e. The molecule has 1 heterocycles. The highest BCUT2D eigenvalue weighted by Crippen LogP contribution is 2.36. The van der Waals surface area contributed by atoms with Gasteiger partial charge in [-0.3, -0.25) is 0 Å². The van der Waals surface area contributed by atoms with Crippen molar-refractivity contribution in [3.8, 4) is 23.4 Å². The first-order chi connectivity index (χ1) is 10.2. The van der Waals surface area contributed by atoms with Crippen molar-refractivity contribution in [2.45, 2.75) is 13.3 Å². The van der Waals surface area contributed by atoms with Crippen LogP contribution in [0.3, 0.4) is 0 Å². The third-order valence-corrected chi connectivity index (χ3v) is 3.40. The molecule has 0 radical (unpaired) electrons. The summed E-state index contributed by atoms with van der Waals surface area (Å²) in [6.45, 7) is 2.61. The molecule has 0 fully saturated rings. The standard InChI is InChI=1S/C15H14IN3O2/c1-2-6-20-13-4-3-5-19-15(13)21-14-11(16)7-10(9-17)8-12(14)18/h3-5,7-8H,2,6,18H2,1H3. The van der Waals surface area contributed by atoms with Crippen molar-refractivity contribution >= 4 is 28.3 Å². The molecular weight excluding hydrogens is 381 g/mol. The molecule has 5 nitrogen and oxygen atoms in total. The summed E-state index contributed by atoms with van der Waals surface area (Å²) < 4.78 is 12.1. The zero-order valence-corrected chi connectivity index (χ0v) is 13.6. The van der Waals surface area contributed by atoms with Gasteiger partial charge in [-0.05, 0) is 53.3 Å². The molecule has 0 saturated carbocycles. The second-order valence-electron chi connectivity index (χ2n) is 4.25. The molecule has 0 saturated heterocycles. The number of benzene rings is 1. The third kappa shape index (κ3) is 3.76. The van der Waals surface area contributed by atoms with Crippen molar-refractivity contribution in [1.29, 1.82) is 5.26 Å². The highest BCUT2D eigenvalue weighted by Gasteiger charge is 2.13. The first-order valence-corrected chi connectivity index (χ1v) is 7.48. The fourth-order valence-electron chi connectivity index (χ4n) is 1.66. The summed E-state index contributed by atoms with van der Waals surface area (Å²) in [6, 6.07) is 8.92. The molecule has 6 heteroatoms. The summed E-state index contributed by atoms with van der Waals surface area (Å²) in [4.78, 5) is 4.18. The van der Waals surface area contributed by atoms with Crippen LogP contribution in [0.4, 0.5) is 5.69 Å². The predicted molar refractivity (Wildman–Crippen MR) is 88.4 cm³/mol. The Hall–Kier alpha value is -2.01. The molecule has 0 amide bonds. The number of rotatable bonds is 5. The smallest absolute Gasteiger partial charge is 0.262 e. The number of nitrogen functional groups attached to an aromatic ring is 1. The number of ether oxygens (including phenoxy) is 2. The Morgan fingerprint density at radius 1 is 1.43 bits per heavy atom. The lowest BCUT2D eigenvalue weighted by molar-refractivity contribution is 0.298. The Balaban J connectivity index is 2.33. The molecule has 0 aliphatic rings. The minimum absolute atomic E-state index is 0.361. The largest absolute Gasteiger partial charge is 0.488 e. The second kappa shape index (κ2) is 7.13. The van der Waals surface area contributed by atoms with Crippen molar-refractivity contribution < 1.29 is 9.47 Å². The molecule has 2 aromatic rings. The van der Waals surface area contributed by atoms with Crippen LogP contribution < -0.4 is 15.2 Å². The normalized spacial score (nSPS) is 9.95. The number of hydrogen-bond acceptors (Lipinski definition) is 5. The van der Waals surface area contributed by atoms with Crippen LogP contribution in [0.1, 0.15) is 18.9 Å². The van der Waals surface area contributed by atoms with E-state index in [4.69, 9.17) is 20.5 Å². The second-order valence-corrected chi connectivity index (χ2v) is 5.41. The zero-order chi connectivity index (χ0) is 15.2. The molecular formula is C15H14IN3O2. The molecule has 108 valence electrons. The molecule has 1 aromatic heterocycles. The van der Waals surface area contributed by atoms with Crippen LogP contribution in [0, 0.1) is 14.9 Å². The average molecular weight is 395 g/mol. The summed E-state index contributed by atoms with van der Waals surface area (Å²) in [5, 5.41) is 8.93. The minimum atomic E-state index is 0.361. The van der Waals surface area contributed by atoms with Gasteiger partial charge in [0.1, 0.15) is 0 Å². The van der Waals surface area contributed by atoms with Gasteiger partial charge in [-0.25, -0.2) is 4.98 Å². The van der Waals surface area contributed by atoms with Crippen LogP contribution in [-0.4, -0.2) is 11.6 Å². The van der Waals surface area contributed by atoms with Crippen molar-refractivity contribution in [3.05, 3.63) is 39.6 Å². The summed E-state index contributed by atoms with van der Waals surface area (Å²) in [5.74, 6) is 1.41. The van der Waals surface area contributed by atoms with Crippen LogP contribution in [0.2, 0.25) is 0 Å². The number of anilines is 1. The van der Waals surface area contributed by atoms with E-state index in [2.05, 4.69) is 33.6 Å². The Bertz CT molecular complexity index is 660. The first-order valence-electron chi connectivity index (χ1n) is 6.40. The molecule has 0 bridgehead atoms. The van der Waals surface area contributed by atoms with Crippen LogP contribution in [0.15, 0.2) is 30.5 Å². The summed E-state index contributed by atoms with van der Waals surface area (Å²) >= 11 is 2.08. The van der Waals surface area contributed by atoms with Gasteiger partial charge in [-0.1, -0.05) is 6.92 Å². The van der Waals surface area contributed by atoms with E-state index in [9.17, 15) is 0 Å². The molecule has 0 spiro atoms. The van der Waals surface area contributed by atoms with Crippen LogP contribution in [-0.2, 0) is 0 Å². The van der Waals surface area contributed by atoms with E-state index in [0.29, 0.717) is 35.2 Å². The average Bonchev–Trinajstić information content (AvgIpc) is 2.49. The van der Waals surface area contributed by atoms with Gasteiger partial charge in [-0.15, -0.1) is 0 Å². The molecule has 1 aromatic carbocycles. The fraction of sp³-hybridized carbons (Fsp3) is 0.200. The van der Waals surface area contributed by atoms with E-state index >= 15 is 0 Å². The number of halogens is 1. The molecule has 21 heavy (non-hydrogen) atoms. The van der Waals surface area contributed by atoms with E-state index in [1.807, 2.05) is 6.92 Å². The van der Waals surface area contributed by atoms with Crippen molar-refractivity contribution in [2.75, 3.05) is 12.3 Å². The third-order valence-electron chi connectivity index (χ3n) is 2.60.